The summed E-state index contributed by atoms with van der Waals surface area (Å²) < 4.78 is 26.5. The summed E-state index contributed by atoms with van der Waals surface area (Å²) in [5, 5.41) is 13.0. The number of rotatable bonds is 5. The summed E-state index contributed by atoms with van der Waals surface area (Å²) in [5.41, 5.74) is 3.31. The summed E-state index contributed by atoms with van der Waals surface area (Å²) in [4.78, 5) is 22.1. The average molecular weight is 478 g/mol. The van der Waals surface area contributed by atoms with E-state index in [2.05, 4.69) is 15.3 Å². The van der Waals surface area contributed by atoms with E-state index >= 15 is 0 Å². The summed E-state index contributed by atoms with van der Waals surface area (Å²) >= 11 is 0. The quantitative estimate of drug-likeness (QED) is 0.593. The predicted octanol–water partition coefficient (Wildman–Crippen LogP) is 3.81. The number of anilines is 2. The lowest BCUT2D eigenvalue weighted by molar-refractivity contribution is 0.515. The Kier molecular flexibility index (Phi) is 5.86. The van der Waals surface area contributed by atoms with Crippen molar-refractivity contribution in [3.63, 3.8) is 0 Å². The molecule has 0 radical (unpaired) electrons. The van der Waals surface area contributed by atoms with Gasteiger partial charge in [-0.05, 0) is 61.4 Å². The number of hydrogen-bond donors (Lipinski definition) is 1. The first-order valence-corrected chi connectivity index (χ1v) is 13.5. The lowest BCUT2D eigenvalue weighted by Crippen LogP contribution is -2.29. The van der Waals surface area contributed by atoms with Gasteiger partial charge in [-0.2, -0.15) is 10.2 Å². The maximum absolute atomic E-state index is 13.0. The van der Waals surface area contributed by atoms with Crippen LogP contribution in [-0.4, -0.2) is 34.0 Å². The third-order valence-electron chi connectivity index (χ3n) is 7.14. The van der Waals surface area contributed by atoms with Crippen LogP contribution in [0.25, 0.3) is 11.0 Å². The van der Waals surface area contributed by atoms with Gasteiger partial charge < -0.3 is 5.32 Å². The number of fused-ring (bicyclic) bond motifs is 2. The van der Waals surface area contributed by atoms with Crippen molar-refractivity contribution in [2.75, 3.05) is 11.1 Å². The molecule has 1 saturated carbocycles. The second-order valence-electron chi connectivity index (χ2n) is 9.18. The van der Waals surface area contributed by atoms with E-state index in [0.29, 0.717) is 29.8 Å². The standard InChI is InChI=1S/C25H27N5O3S/c1-2-34(32,33)22-10-8-16-7-9-20(12-17(16)13-22)28-25-27-15-19-11-18(14-26)24(31)30(23(19)29-25)21-5-3-4-6-21/h7,9,11-12,15,21-22H,2-6,8,10,13H2,1H3,(H,27,28,29). The molecular formula is C25H27N5O3S. The molecular weight excluding hydrogens is 450 g/mol. The van der Waals surface area contributed by atoms with Crippen molar-refractivity contribution in [1.82, 2.24) is 14.5 Å². The number of benzene rings is 1. The first kappa shape index (κ1) is 22.5. The van der Waals surface area contributed by atoms with Gasteiger partial charge >= 0.3 is 0 Å². The molecule has 0 saturated heterocycles. The first-order valence-electron chi connectivity index (χ1n) is 11.8. The fourth-order valence-corrected chi connectivity index (χ4v) is 6.62. The summed E-state index contributed by atoms with van der Waals surface area (Å²) in [7, 11) is -3.08. The smallest absolute Gasteiger partial charge is 0.270 e. The van der Waals surface area contributed by atoms with E-state index in [1.807, 2.05) is 24.3 Å². The molecule has 1 unspecified atom stereocenters. The monoisotopic (exact) mass is 477 g/mol. The van der Waals surface area contributed by atoms with Gasteiger partial charge in [0.1, 0.15) is 17.3 Å². The highest BCUT2D eigenvalue weighted by Crippen LogP contribution is 2.32. The van der Waals surface area contributed by atoms with Crippen LogP contribution in [0.3, 0.4) is 0 Å². The van der Waals surface area contributed by atoms with Crippen molar-refractivity contribution in [2.24, 2.45) is 0 Å². The number of hydrogen-bond acceptors (Lipinski definition) is 7. The zero-order chi connectivity index (χ0) is 23.9. The molecule has 5 rings (SSSR count). The fraction of sp³-hybridized carbons (Fsp3) is 0.440. The summed E-state index contributed by atoms with van der Waals surface area (Å²) in [6, 6.07) is 9.55. The molecule has 0 amide bonds. The Labute approximate surface area is 198 Å². The topological polar surface area (TPSA) is 118 Å². The highest BCUT2D eigenvalue weighted by atomic mass is 32.2. The van der Waals surface area contributed by atoms with Gasteiger partial charge in [0.15, 0.2) is 9.84 Å². The van der Waals surface area contributed by atoms with Crippen LogP contribution in [0.1, 0.15) is 61.8 Å². The Balaban J connectivity index is 1.49. The number of aryl methyl sites for hydroxylation is 1. The van der Waals surface area contributed by atoms with Crippen molar-refractivity contribution in [1.29, 1.82) is 5.26 Å². The van der Waals surface area contributed by atoms with Crippen LogP contribution in [-0.2, 0) is 22.7 Å². The van der Waals surface area contributed by atoms with Gasteiger partial charge in [0, 0.05) is 29.1 Å². The largest absolute Gasteiger partial charge is 0.324 e. The first-order chi connectivity index (χ1) is 16.4. The Morgan fingerprint density at radius 1 is 1.18 bits per heavy atom. The van der Waals surface area contributed by atoms with Crippen LogP contribution < -0.4 is 10.9 Å². The molecule has 176 valence electrons. The van der Waals surface area contributed by atoms with E-state index in [0.717, 1.165) is 43.4 Å². The normalized spacial score (nSPS) is 18.5. The van der Waals surface area contributed by atoms with Gasteiger partial charge in [-0.1, -0.05) is 25.8 Å². The SMILES string of the molecule is CCS(=O)(=O)C1CCc2ccc(Nc3ncc4cc(C#N)c(=O)n(C5CCCC5)c4n3)cc2C1. The lowest BCUT2D eigenvalue weighted by Gasteiger charge is -2.24. The van der Waals surface area contributed by atoms with E-state index in [1.165, 1.54) is 5.56 Å². The molecule has 2 aromatic heterocycles. The van der Waals surface area contributed by atoms with E-state index in [-0.39, 0.29) is 28.2 Å². The molecule has 1 atom stereocenters. The van der Waals surface area contributed by atoms with Crippen LogP contribution >= 0.6 is 0 Å². The third kappa shape index (κ3) is 4.07. The molecule has 0 spiro atoms. The van der Waals surface area contributed by atoms with Crippen molar-refractivity contribution >= 4 is 32.5 Å². The molecule has 3 aromatic rings. The number of nitriles is 1. The maximum atomic E-state index is 13.0. The fourth-order valence-electron chi connectivity index (χ4n) is 5.23. The van der Waals surface area contributed by atoms with Gasteiger partial charge in [0.25, 0.3) is 5.56 Å². The van der Waals surface area contributed by atoms with E-state index in [1.54, 1.807) is 23.8 Å². The summed E-state index contributed by atoms with van der Waals surface area (Å²) in [6.45, 7) is 1.70. The molecule has 1 fully saturated rings. The van der Waals surface area contributed by atoms with Gasteiger partial charge in [0.05, 0.1) is 5.25 Å². The molecule has 8 nitrogen and oxygen atoms in total. The average Bonchev–Trinajstić information content (AvgIpc) is 3.37. The van der Waals surface area contributed by atoms with Gasteiger partial charge in [-0.25, -0.2) is 13.4 Å². The van der Waals surface area contributed by atoms with Crippen LogP contribution in [0.15, 0.2) is 35.3 Å². The van der Waals surface area contributed by atoms with Crippen molar-refractivity contribution in [3.05, 3.63) is 57.5 Å². The Morgan fingerprint density at radius 3 is 2.71 bits per heavy atom. The molecule has 1 aromatic carbocycles. The van der Waals surface area contributed by atoms with Crippen LogP contribution in [0.2, 0.25) is 0 Å². The van der Waals surface area contributed by atoms with E-state index in [9.17, 15) is 18.5 Å². The number of nitrogens with zero attached hydrogens (tertiary/aromatic N) is 4. The molecule has 0 bridgehead atoms. The number of aromatic nitrogens is 3. The van der Waals surface area contributed by atoms with Crippen LogP contribution in [0, 0.1) is 11.3 Å². The summed E-state index contributed by atoms with van der Waals surface area (Å²) in [5.74, 6) is 0.517. The minimum absolute atomic E-state index is 0.0345. The predicted molar refractivity (Wildman–Crippen MR) is 131 cm³/mol. The number of nitrogens with one attached hydrogen (secondary N) is 1. The Bertz CT molecular complexity index is 1470. The lowest BCUT2D eigenvalue weighted by atomic mass is 9.91. The zero-order valence-corrected chi connectivity index (χ0v) is 19.9. The maximum Gasteiger partial charge on any atom is 0.270 e. The molecule has 34 heavy (non-hydrogen) atoms. The Morgan fingerprint density at radius 2 is 1.97 bits per heavy atom. The highest BCUT2D eigenvalue weighted by molar-refractivity contribution is 7.92. The number of pyridine rings is 1. The van der Waals surface area contributed by atoms with E-state index < -0.39 is 9.84 Å². The minimum atomic E-state index is -3.08. The van der Waals surface area contributed by atoms with Crippen molar-refractivity contribution in [2.45, 2.75) is 63.2 Å². The summed E-state index contributed by atoms with van der Waals surface area (Å²) in [6.07, 6.45) is 7.45. The Hall–Kier alpha value is -3.25. The second kappa shape index (κ2) is 8.84. The zero-order valence-electron chi connectivity index (χ0n) is 19.1. The molecule has 0 aliphatic heterocycles. The molecule has 9 heteroatoms. The minimum Gasteiger partial charge on any atom is -0.324 e. The number of sulfone groups is 1. The van der Waals surface area contributed by atoms with E-state index in [4.69, 9.17) is 0 Å². The van der Waals surface area contributed by atoms with Gasteiger partial charge in [0.2, 0.25) is 5.95 Å². The van der Waals surface area contributed by atoms with Crippen molar-refractivity contribution in [3.8, 4) is 6.07 Å². The van der Waals surface area contributed by atoms with Crippen LogP contribution in [0.5, 0.6) is 0 Å². The molecule has 2 heterocycles. The molecule has 2 aliphatic rings. The van der Waals surface area contributed by atoms with Gasteiger partial charge in [-0.3, -0.25) is 9.36 Å². The second-order valence-corrected chi connectivity index (χ2v) is 11.8. The highest BCUT2D eigenvalue weighted by Gasteiger charge is 2.28. The molecule has 1 N–H and O–H groups in total. The van der Waals surface area contributed by atoms with Crippen LogP contribution in [0.4, 0.5) is 11.6 Å². The van der Waals surface area contributed by atoms with Gasteiger partial charge in [-0.15, -0.1) is 0 Å². The third-order valence-corrected chi connectivity index (χ3v) is 9.36. The van der Waals surface area contributed by atoms with Crippen molar-refractivity contribution < 1.29 is 8.42 Å². The molecule has 2 aliphatic carbocycles.